The van der Waals surface area contributed by atoms with Crippen LogP contribution in [-0.2, 0) is 0 Å². The van der Waals surface area contributed by atoms with Gasteiger partial charge in [0.25, 0.3) is 0 Å². The molecule has 0 unspecified atom stereocenters. The Balaban J connectivity index is 3.23. The first-order chi connectivity index (χ1) is 6.19. The van der Waals surface area contributed by atoms with Gasteiger partial charge in [0.15, 0.2) is 0 Å². The summed E-state index contributed by atoms with van der Waals surface area (Å²) in [4.78, 5) is 14.4. The highest BCUT2D eigenvalue weighted by atomic mass is 32.2. The van der Waals surface area contributed by atoms with E-state index in [2.05, 4.69) is 4.98 Å². The van der Waals surface area contributed by atoms with Gasteiger partial charge in [-0.1, -0.05) is 0 Å². The van der Waals surface area contributed by atoms with Crippen LogP contribution in [0.25, 0.3) is 0 Å². The van der Waals surface area contributed by atoms with E-state index in [4.69, 9.17) is 10.4 Å². The number of rotatable bonds is 2. The Bertz CT molecular complexity index is 384. The van der Waals surface area contributed by atoms with Crippen LogP contribution in [0.5, 0.6) is 0 Å². The number of carboxylic acid groups (broad SMARTS) is 1. The monoisotopic (exact) mass is 194 g/mol. The summed E-state index contributed by atoms with van der Waals surface area (Å²) in [6.45, 7) is 0. The maximum atomic E-state index is 10.5. The van der Waals surface area contributed by atoms with E-state index in [-0.39, 0.29) is 5.56 Å². The van der Waals surface area contributed by atoms with Gasteiger partial charge in [-0.05, 0) is 12.3 Å². The summed E-state index contributed by atoms with van der Waals surface area (Å²) in [5, 5.41) is 17.8. The standard InChI is InChI=1S/C8H6N2O2S/c1-13-7-5(3-9)2-6(4-10-7)8(11)12/h2,4H,1H3,(H,11,12). The molecule has 1 aromatic rings. The van der Waals surface area contributed by atoms with Crippen molar-refractivity contribution in [2.45, 2.75) is 5.03 Å². The number of aromatic carboxylic acids is 1. The lowest BCUT2D eigenvalue weighted by Gasteiger charge is -1.99. The van der Waals surface area contributed by atoms with Crippen LogP contribution in [0.2, 0.25) is 0 Å². The van der Waals surface area contributed by atoms with Gasteiger partial charge in [-0.3, -0.25) is 0 Å². The van der Waals surface area contributed by atoms with Crippen LogP contribution < -0.4 is 0 Å². The molecule has 0 amide bonds. The summed E-state index contributed by atoms with van der Waals surface area (Å²) in [6, 6.07) is 3.22. The van der Waals surface area contributed by atoms with E-state index < -0.39 is 5.97 Å². The molecule has 0 saturated carbocycles. The number of carbonyl (C=O) groups is 1. The molecule has 1 N–H and O–H groups in total. The molecule has 0 spiro atoms. The van der Waals surface area contributed by atoms with Gasteiger partial charge < -0.3 is 5.11 Å². The fraction of sp³-hybridized carbons (Fsp3) is 0.125. The average molecular weight is 194 g/mol. The second-order valence-corrected chi connectivity index (χ2v) is 2.99. The Kier molecular flexibility index (Phi) is 2.88. The SMILES string of the molecule is CSc1ncc(C(=O)O)cc1C#N. The average Bonchev–Trinajstić information content (AvgIpc) is 2.16. The molecular weight excluding hydrogens is 188 g/mol. The lowest BCUT2D eigenvalue weighted by atomic mass is 10.2. The van der Waals surface area contributed by atoms with Gasteiger partial charge in [-0.15, -0.1) is 11.8 Å². The Morgan fingerprint density at radius 3 is 2.92 bits per heavy atom. The van der Waals surface area contributed by atoms with Crippen LogP contribution >= 0.6 is 11.8 Å². The second kappa shape index (κ2) is 3.92. The molecule has 1 aromatic heterocycles. The van der Waals surface area contributed by atoms with E-state index in [1.165, 1.54) is 24.0 Å². The molecule has 0 aromatic carbocycles. The van der Waals surface area contributed by atoms with E-state index in [1.54, 1.807) is 6.26 Å². The van der Waals surface area contributed by atoms with Crippen LogP contribution in [0.15, 0.2) is 17.3 Å². The summed E-state index contributed by atoms with van der Waals surface area (Å²) < 4.78 is 0. The summed E-state index contributed by atoms with van der Waals surface area (Å²) in [5.41, 5.74) is 0.335. The fourth-order valence-corrected chi connectivity index (χ4v) is 1.29. The summed E-state index contributed by atoms with van der Waals surface area (Å²) in [5.74, 6) is -1.07. The zero-order valence-corrected chi connectivity index (χ0v) is 7.63. The van der Waals surface area contributed by atoms with Crippen LogP contribution in [0.1, 0.15) is 15.9 Å². The van der Waals surface area contributed by atoms with Crippen molar-refractivity contribution >= 4 is 17.7 Å². The number of pyridine rings is 1. The quantitative estimate of drug-likeness (QED) is 0.720. The van der Waals surface area contributed by atoms with Gasteiger partial charge >= 0.3 is 5.97 Å². The smallest absolute Gasteiger partial charge is 0.337 e. The maximum Gasteiger partial charge on any atom is 0.337 e. The van der Waals surface area contributed by atoms with E-state index in [1.807, 2.05) is 6.07 Å². The van der Waals surface area contributed by atoms with Crippen molar-refractivity contribution < 1.29 is 9.90 Å². The maximum absolute atomic E-state index is 10.5. The first kappa shape index (κ1) is 9.55. The van der Waals surface area contributed by atoms with Crippen molar-refractivity contribution in [3.8, 4) is 6.07 Å². The zero-order chi connectivity index (χ0) is 9.84. The first-order valence-electron chi connectivity index (χ1n) is 3.36. The van der Waals surface area contributed by atoms with Crippen molar-refractivity contribution in [2.24, 2.45) is 0 Å². The minimum Gasteiger partial charge on any atom is -0.478 e. The molecule has 13 heavy (non-hydrogen) atoms. The minimum atomic E-state index is -1.07. The van der Waals surface area contributed by atoms with Crippen LogP contribution in [0.3, 0.4) is 0 Å². The minimum absolute atomic E-state index is 0.0364. The summed E-state index contributed by atoms with van der Waals surface area (Å²) in [7, 11) is 0. The van der Waals surface area contributed by atoms with Crippen molar-refractivity contribution in [1.82, 2.24) is 4.98 Å². The third-order valence-electron chi connectivity index (χ3n) is 1.41. The first-order valence-corrected chi connectivity index (χ1v) is 4.59. The number of thioether (sulfide) groups is 1. The number of carboxylic acids is 1. The lowest BCUT2D eigenvalue weighted by Crippen LogP contribution is -1.99. The number of nitrogens with zero attached hydrogens (tertiary/aromatic N) is 2. The molecule has 0 bridgehead atoms. The van der Waals surface area contributed by atoms with Gasteiger partial charge in [0.05, 0.1) is 11.1 Å². The molecule has 1 rings (SSSR count). The predicted octanol–water partition coefficient (Wildman–Crippen LogP) is 1.37. The molecule has 5 heteroatoms. The largest absolute Gasteiger partial charge is 0.478 e. The predicted molar refractivity (Wildman–Crippen MR) is 47.7 cm³/mol. The Labute approximate surface area is 79.2 Å². The van der Waals surface area contributed by atoms with Crippen LogP contribution in [0.4, 0.5) is 0 Å². The van der Waals surface area contributed by atoms with Crippen molar-refractivity contribution in [3.63, 3.8) is 0 Å². The Hall–Kier alpha value is -1.54. The number of nitriles is 1. The van der Waals surface area contributed by atoms with Crippen molar-refractivity contribution in [3.05, 3.63) is 23.4 Å². The second-order valence-electron chi connectivity index (χ2n) is 2.20. The Morgan fingerprint density at radius 2 is 2.46 bits per heavy atom. The lowest BCUT2D eigenvalue weighted by molar-refractivity contribution is 0.0696. The van der Waals surface area contributed by atoms with Gasteiger partial charge in [0.1, 0.15) is 11.1 Å². The van der Waals surface area contributed by atoms with Crippen molar-refractivity contribution in [2.75, 3.05) is 6.26 Å². The molecule has 4 nitrogen and oxygen atoms in total. The van der Waals surface area contributed by atoms with E-state index in [0.29, 0.717) is 10.6 Å². The highest BCUT2D eigenvalue weighted by Crippen LogP contribution is 2.17. The van der Waals surface area contributed by atoms with Crippen molar-refractivity contribution in [1.29, 1.82) is 5.26 Å². The molecule has 1 heterocycles. The van der Waals surface area contributed by atoms with Crippen LogP contribution in [0, 0.1) is 11.3 Å². The molecular formula is C8H6N2O2S. The fourth-order valence-electron chi connectivity index (χ4n) is 0.812. The van der Waals surface area contributed by atoms with Gasteiger partial charge in [-0.25, -0.2) is 9.78 Å². The highest BCUT2D eigenvalue weighted by molar-refractivity contribution is 7.98. The number of hydrogen-bond donors (Lipinski definition) is 1. The summed E-state index contributed by atoms with van der Waals surface area (Å²) >= 11 is 1.31. The van der Waals surface area contributed by atoms with Gasteiger partial charge in [0.2, 0.25) is 0 Å². The molecule has 0 aliphatic heterocycles. The van der Waals surface area contributed by atoms with Crippen LogP contribution in [-0.4, -0.2) is 22.3 Å². The third-order valence-corrected chi connectivity index (χ3v) is 2.12. The normalized spacial score (nSPS) is 9.23. The molecule has 0 aliphatic rings. The number of aromatic nitrogens is 1. The molecule has 0 aliphatic carbocycles. The summed E-state index contributed by atoms with van der Waals surface area (Å²) in [6.07, 6.45) is 3.03. The molecule has 0 saturated heterocycles. The van der Waals surface area contributed by atoms with E-state index in [9.17, 15) is 4.79 Å². The number of hydrogen-bond acceptors (Lipinski definition) is 4. The topological polar surface area (TPSA) is 74.0 Å². The Morgan fingerprint density at radius 1 is 1.77 bits per heavy atom. The molecule has 66 valence electrons. The molecule has 0 radical (unpaired) electrons. The molecule has 0 fully saturated rings. The zero-order valence-electron chi connectivity index (χ0n) is 6.81. The third kappa shape index (κ3) is 1.98. The molecule has 0 atom stereocenters. The van der Waals surface area contributed by atoms with E-state index >= 15 is 0 Å². The van der Waals surface area contributed by atoms with E-state index in [0.717, 1.165) is 0 Å². The van der Waals surface area contributed by atoms with Gasteiger partial charge in [0, 0.05) is 6.20 Å². The van der Waals surface area contributed by atoms with Gasteiger partial charge in [-0.2, -0.15) is 5.26 Å². The highest BCUT2D eigenvalue weighted by Gasteiger charge is 2.08.